The normalized spacial score (nSPS) is 25.2. The van der Waals surface area contributed by atoms with Gasteiger partial charge in [-0.3, -0.25) is 9.89 Å². The zero-order valence-corrected chi connectivity index (χ0v) is 19.9. The highest BCUT2D eigenvalue weighted by Crippen LogP contribution is 2.25. The fraction of sp³-hybridized carbons (Fsp3) is 0.783. The van der Waals surface area contributed by atoms with Crippen LogP contribution in [-0.4, -0.2) is 81.8 Å². The van der Waals surface area contributed by atoms with Gasteiger partial charge in [0.25, 0.3) is 0 Å². The first-order chi connectivity index (χ1) is 14.7. The van der Waals surface area contributed by atoms with Gasteiger partial charge < -0.3 is 20.3 Å². The summed E-state index contributed by atoms with van der Waals surface area (Å²) in [6, 6.07) is 4.76. The zero-order valence-electron chi connectivity index (χ0n) is 19.1. The summed E-state index contributed by atoms with van der Waals surface area (Å²) in [4.78, 5) is 11.0. The second kappa shape index (κ2) is 12.6. The number of piperidine rings is 1. The van der Waals surface area contributed by atoms with Gasteiger partial charge in [0.1, 0.15) is 0 Å². The van der Waals surface area contributed by atoms with E-state index in [1.807, 2.05) is 18.4 Å². The second-order valence-corrected chi connectivity index (χ2v) is 9.95. The standard InChI is InChI=1S/C23H41N5OS/c1-19-15-20(2)18-27(17-19)9-5-4-8-25-23(24-3)26-16-21(22-7-6-14-30-22)28-10-12-29-13-11-28/h6-7,14,19-21H,4-5,8-13,15-18H2,1-3H3,(H2,24,25,26). The van der Waals surface area contributed by atoms with Gasteiger partial charge in [-0.1, -0.05) is 19.9 Å². The molecule has 0 aliphatic carbocycles. The molecule has 0 spiro atoms. The number of ether oxygens (including phenoxy) is 1. The highest BCUT2D eigenvalue weighted by atomic mass is 32.1. The van der Waals surface area contributed by atoms with E-state index in [2.05, 4.69) is 56.8 Å². The van der Waals surface area contributed by atoms with Crippen LogP contribution in [-0.2, 0) is 4.74 Å². The summed E-state index contributed by atoms with van der Waals surface area (Å²) in [5.74, 6) is 2.60. The average Bonchev–Trinajstić information content (AvgIpc) is 3.27. The van der Waals surface area contributed by atoms with E-state index in [1.54, 1.807) is 0 Å². The van der Waals surface area contributed by atoms with Gasteiger partial charge in [-0.05, 0) is 49.1 Å². The minimum Gasteiger partial charge on any atom is -0.379 e. The number of hydrogen-bond donors (Lipinski definition) is 2. The van der Waals surface area contributed by atoms with Gasteiger partial charge in [-0.15, -0.1) is 11.3 Å². The number of rotatable bonds is 9. The first-order valence-electron chi connectivity index (χ1n) is 11.7. The lowest BCUT2D eigenvalue weighted by atomic mass is 9.92. The van der Waals surface area contributed by atoms with Crippen LogP contribution in [0.3, 0.4) is 0 Å². The van der Waals surface area contributed by atoms with E-state index in [-0.39, 0.29) is 0 Å². The molecule has 30 heavy (non-hydrogen) atoms. The van der Waals surface area contributed by atoms with Crippen molar-refractivity contribution >= 4 is 17.3 Å². The maximum atomic E-state index is 5.55. The molecule has 0 bridgehead atoms. The number of nitrogens with one attached hydrogen (secondary N) is 2. The molecule has 1 aromatic heterocycles. The van der Waals surface area contributed by atoms with E-state index in [4.69, 9.17) is 4.74 Å². The zero-order chi connectivity index (χ0) is 21.2. The highest BCUT2D eigenvalue weighted by Gasteiger charge is 2.24. The van der Waals surface area contributed by atoms with Crippen LogP contribution in [0.4, 0.5) is 0 Å². The van der Waals surface area contributed by atoms with E-state index < -0.39 is 0 Å². The quantitative estimate of drug-likeness (QED) is 0.355. The van der Waals surface area contributed by atoms with Crippen molar-refractivity contribution in [2.75, 3.05) is 66.1 Å². The Balaban J connectivity index is 1.37. The Bertz CT molecular complexity index is 607. The Kier molecular flexibility index (Phi) is 9.91. The van der Waals surface area contributed by atoms with Crippen molar-refractivity contribution in [1.29, 1.82) is 0 Å². The molecular formula is C23H41N5OS. The first kappa shape index (κ1) is 23.5. The molecule has 2 N–H and O–H groups in total. The molecule has 7 heteroatoms. The topological polar surface area (TPSA) is 52.1 Å². The molecule has 0 aromatic carbocycles. The lowest BCUT2D eigenvalue weighted by molar-refractivity contribution is 0.0177. The fourth-order valence-electron chi connectivity index (χ4n) is 4.84. The van der Waals surface area contributed by atoms with Crippen LogP contribution >= 0.6 is 11.3 Å². The van der Waals surface area contributed by atoms with Crippen molar-refractivity contribution in [2.45, 2.75) is 39.2 Å². The smallest absolute Gasteiger partial charge is 0.191 e. The molecule has 2 aliphatic heterocycles. The van der Waals surface area contributed by atoms with E-state index in [9.17, 15) is 0 Å². The minimum atomic E-state index is 0.371. The van der Waals surface area contributed by atoms with Crippen molar-refractivity contribution in [2.24, 2.45) is 16.8 Å². The van der Waals surface area contributed by atoms with Gasteiger partial charge >= 0.3 is 0 Å². The summed E-state index contributed by atoms with van der Waals surface area (Å²) < 4.78 is 5.55. The molecular weight excluding hydrogens is 394 g/mol. The molecule has 3 rings (SSSR count). The molecule has 170 valence electrons. The Morgan fingerprint density at radius 1 is 1.20 bits per heavy atom. The Morgan fingerprint density at radius 2 is 1.97 bits per heavy atom. The first-order valence-corrected chi connectivity index (χ1v) is 12.6. The highest BCUT2D eigenvalue weighted by molar-refractivity contribution is 7.10. The summed E-state index contributed by atoms with van der Waals surface area (Å²) in [5.41, 5.74) is 0. The molecule has 2 aliphatic rings. The molecule has 3 atom stereocenters. The van der Waals surface area contributed by atoms with Crippen LogP contribution in [0, 0.1) is 11.8 Å². The molecule has 1 aromatic rings. The lowest BCUT2D eigenvalue weighted by Gasteiger charge is -2.35. The van der Waals surface area contributed by atoms with Crippen molar-refractivity contribution in [1.82, 2.24) is 20.4 Å². The maximum absolute atomic E-state index is 5.55. The summed E-state index contributed by atoms with van der Waals surface area (Å²) in [5, 5.41) is 9.23. The van der Waals surface area contributed by atoms with Gasteiger partial charge in [0.15, 0.2) is 5.96 Å². The van der Waals surface area contributed by atoms with Crippen molar-refractivity contribution in [3.05, 3.63) is 22.4 Å². The molecule has 2 saturated heterocycles. The number of morpholine rings is 1. The third-order valence-electron chi connectivity index (χ3n) is 6.18. The third-order valence-corrected chi connectivity index (χ3v) is 7.16. The Labute approximate surface area is 187 Å². The van der Waals surface area contributed by atoms with Crippen LogP contribution in [0.15, 0.2) is 22.5 Å². The third kappa shape index (κ3) is 7.52. The van der Waals surface area contributed by atoms with Crippen molar-refractivity contribution in [3.8, 4) is 0 Å². The van der Waals surface area contributed by atoms with Crippen molar-refractivity contribution in [3.63, 3.8) is 0 Å². The summed E-state index contributed by atoms with van der Waals surface area (Å²) in [6.07, 6.45) is 3.81. The van der Waals surface area contributed by atoms with E-state index in [0.717, 1.165) is 57.2 Å². The average molecular weight is 436 g/mol. The number of hydrogen-bond acceptors (Lipinski definition) is 5. The number of aliphatic imine (C=N–C) groups is 1. The van der Waals surface area contributed by atoms with Crippen LogP contribution in [0.1, 0.15) is 44.0 Å². The molecule has 6 nitrogen and oxygen atoms in total. The van der Waals surface area contributed by atoms with E-state index in [0.29, 0.717) is 6.04 Å². The Hall–Kier alpha value is -1.15. The summed E-state index contributed by atoms with van der Waals surface area (Å²) in [6.45, 7) is 14.0. The number of unbranched alkanes of at least 4 members (excludes halogenated alkanes) is 1. The van der Waals surface area contributed by atoms with Crippen LogP contribution in [0.2, 0.25) is 0 Å². The molecule has 2 fully saturated rings. The molecule has 3 heterocycles. The van der Waals surface area contributed by atoms with Gasteiger partial charge in [-0.25, -0.2) is 0 Å². The predicted molar refractivity (Wildman–Crippen MR) is 127 cm³/mol. The van der Waals surface area contributed by atoms with E-state index in [1.165, 1.54) is 43.8 Å². The molecule has 0 saturated carbocycles. The maximum Gasteiger partial charge on any atom is 0.191 e. The van der Waals surface area contributed by atoms with Gasteiger partial charge in [0, 0.05) is 51.2 Å². The van der Waals surface area contributed by atoms with Gasteiger partial charge in [0.2, 0.25) is 0 Å². The molecule has 3 unspecified atom stereocenters. The second-order valence-electron chi connectivity index (χ2n) is 8.97. The summed E-state index contributed by atoms with van der Waals surface area (Å²) in [7, 11) is 1.86. The van der Waals surface area contributed by atoms with Crippen LogP contribution in [0.5, 0.6) is 0 Å². The number of thiophene rings is 1. The lowest BCUT2D eigenvalue weighted by Crippen LogP contribution is -2.46. The monoisotopic (exact) mass is 435 g/mol. The number of guanidine groups is 1. The largest absolute Gasteiger partial charge is 0.379 e. The van der Waals surface area contributed by atoms with E-state index >= 15 is 0 Å². The summed E-state index contributed by atoms with van der Waals surface area (Å²) >= 11 is 1.83. The fourth-order valence-corrected chi connectivity index (χ4v) is 5.70. The minimum absolute atomic E-state index is 0.371. The SMILES string of the molecule is CN=C(NCCCCN1CC(C)CC(C)C1)NCC(c1cccs1)N1CCOCC1. The van der Waals surface area contributed by atoms with Crippen LogP contribution in [0.25, 0.3) is 0 Å². The van der Waals surface area contributed by atoms with Gasteiger partial charge in [0.05, 0.1) is 19.3 Å². The van der Waals surface area contributed by atoms with Crippen LogP contribution < -0.4 is 10.6 Å². The Morgan fingerprint density at radius 3 is 2.63 bits per heavy atom. The molecule has 0 amide bonds. The predicted octanol–water partition coefficient (Wildman–Crippen LogP) is 3.04. The molecule has 0 radical (unpaired) electrons. The van der Waals surface area contributed by atoms with Gasteiger partial charge in [-0.2, -0.15) is 0 Å². The number of nitrogens with zero attached hydrogens (tertiary/aromatic N) is 3. The number of likely N-dealkylation sites (tertiary alicyclic amines) is 1. The van der Waals surface area contributed by atoms with Crippen molar-refractivity contribution < 1.29 is 4.74 Å².